The molecule has 0 radical (unpaired) electrons. The van der Waals surface area contributed by atoms with Crippen LogP contribution in [-0.2, 0) is 6.54 Å². The van der Waals surface area contributed by atoms with Gasteiger partial charge >= 0.3 is 12.3 Å². The van der Waals surface area contributed by atoms with Gasteiger partial charge in [-0.3, -0.25) is 5.10 Å². The van der Waals surface area contributed by atoms with Crippen molar-refractivity contribution in [1.29, 1.82) is 0 Å². The standard InChI is InChI=1S/C28H30ClF3N4O4/c1-2-17(5-3-4-11-33-15-18-6-9-24(22(29)13-18)40-28(30,31)32)10-12-39-26-21-16-34-36-25(21)20-8-7-19(27(37)38)14-23(20)35-26/h6-9,13-14,16-17,33H,2-5,10-12,15H2,1H3,(H,34,36)(H,37,38). The summed E-state index contributed by atoms with van der Waals surface area (Å²) < 4.78 is 47.1. The maximum atomic E-state index is 12.4. The number of rotatable bonds is 14. The number of carbonyl (C=O) groups is 1. The molecule has 2 aromatic heterocycles. The zero-order valence-corrected chi connectivity index (χ0v) is 22.6. The van der Waals surface area contributed by atoms with Gasteiger partial charge in [0, 0.05) is 11.9 Å². The Bertz CT molecular complexity index is 1460. The molecular weight excluding hydrogens is 549 g/mol. The van der Waals surface area contributed by atoms with E-state index in [0.29, 0.717) is 30.5 Å². The maximum absolute atomic E-state index is 12.4. The number of nitrogens with zero attached hydrogens (tertiary/aromatic N) is 2. The summed E-state index contributed by atoms with van der Waals surface area (Å²) in [7, 11) is 0. The first-order valence-corrected chi connectivity index (χ1v) is 13.4. The highest BCUT2D eigenvalue weighted by molar-refractivity contribution is 6.32. The predicted octanol–water partition coefficient (Wildman–Crippen LogP) is 7.12. The predicted molar refractivity (Wildman–Crippen MR) is 146 cm³/mol. The lowest BCUT2D eigenvalue weighted by molar-refractivity contribution is -0.274. The number of carboxylic acid groups (broad SMARTS) is 1. The van der Waals surface area contributed by atoms with Gasteiger partial charge in [-0.15, -0.1) is 13.2 Å². The number of hydrogen-bond donors (Lipinski definition) is 3. The summed E-state index contributed by atoms with van der Waals surface area (Å²) in [5, 5.41) is 21.1. The van der Waals surface area contributed by atoms with Crippen LogP contribution in [0.15, 0.2) is 42.6 Å². The summed E-state index contributed by atoms with van der Waals surface area (Å²) in [4.78, 5) is 15.9. The van der Waals surface area contributed by atoms with E-state index in [1.165, 1.54) is 18.2 Å². The van der Waals surface area contributed by atoms with Crippen molar-refractivity contribution in [2.75, 3.05) is 13.2 Å². The zero-order valence-electron chi connectivity index (χ0n) is 21.9. The molecule has 0 aliphatic rings. The molecule has 0 saturated carbocycles. The number of unbranched alkanes of at least 4 members (excludes halogenated alkanes) is 1. The van der Waals surface area contributed by atoms with Gasteiger partial charge in [0.05, 0.1) is 39.8 Å². The fourth-order valence-electron chi connectivity index (χ4n) is 4.55. The van der Waals surface area contributed by atoms with Crippen LogP contribution >= 0.6 is 11.6 Å². The monoisotopic (exact) mass is 578 g/mol. The number of ether oxygens (including phenoxy) is 2. The van der Waals surface area contributed by atoms with Crippen molar-refractivity contribution in [1.82, 2.24) is 20.5 Å². The summed E-state index contributed by atoms with van der Waals surface area (Å²) in [6.45, 7) is 3.88. The van der Waals surface area contributed by atoms with Crippen molar-refractivity contribution in [2.24, 2.45) is 5.92 Å². The number of aromatic nitrogens is 3. The van der Waals surface area contributed by atoms with Crippen molar-refractivity contribution in [3.8, 4) is 11.6 Å². The normalized spacial score (nSPS) is 12.6. The fraction of sp³-hybridized carbons (Fsp3) is 0.393. The van der Waals surface area contributed by atoms with Crippen molar-refractivity contribution < 1.29 is 32.5 Å². The van der Waals surface area contributed by atoms with E-state index in [1.54, 1.807) is 24.4 Å². The lowest BCUT2D eigenvalue weighted by Crippen LogP contribution is -2.18. The Hall–Kier alpha value is -3.57. The summed E-state index contributed by atoms with van der Waals surface area (Å²) in [5.74, 6) is -0.532. The molecule has 1 atom stereocenters. The molecule has 0 aliphatic heterocycles. The van der Waals surface area contributed by atoms with Gasteiger partial charge in [0.15, 0.2) is 0 Å². The summed E-state index contributed by atoms with van der Waals surface area (Å²) in [5.41, 5.74) is 2.21. The van der Waals surface area contributed by atoms with Gasteiger partial charge < -0.3 is 19.9 Å². The first-order chi connectivity index (χ1) is 19.1. The number of carboxylic acids is 1. The Morgan fingerprint density at radius 3 is 2.70 bits per heavy atom. The smallest absolute Gasteiger partial charge is 0.478 e. The van der Waals surface area contributed by atoms with E-state index < -0.39 is 18.1 Å². The Kier molecular flexibility index (Phi) is 9.70. The lowest BCUT2D eigenvalue weighted by atomic mass is 9.96. The van der Waals surface area contributed by atoms with Crippen LogP contribution in [0, 0.1) is 5.92 Å². The van der Waals surface area contributed by atoms with Crippen LogP contribution in [0.4, 0.5) is 13.2 Å². The molecule has 40 heavy (non-hydrogen) atoms. The second kappa shape index (κ2) is 13.2. The molecule has 4 rings (SSSR count). The quantitative estimate of drug-likeness (QED) is 0.137. The van der Waals surface area contributed by atoms with Gasteiger partial charge in [-0.05, 0) is 61.2 Å². The number of nitrogens with one attached hydrogen (secondary N) is 2. The van der Waals surface area contributed by atoms with Crippen LogP contribution in [-0.4, -0.2) is 45.8 Å². The summed E-state index contributed by atoms with van der Waals surface area (Å²) in [6.07, 6.45) is 1.74. The number of aromatic amines is 1. The Balaban J connectivity index is 1.21. The van der Waals surface area contributed by atoms with Gasteiger partial charge in [0.1, 0.15) is 5.75 Å². The van der Waals surface area contributed by atoms with Crippen molar-refractivity contribution in [3.05, 3.63) is 58.7 Å². The maximum Gasteiger partial charge on any atom is 0.573 e. The van der Waals surface area contributed by atoms with Crippen LogP contribution in [0.2, 0.25) is 5.02 Å². The highest BCUT2D eigenvalue weighted by Gasteiger charge is 2.32. The third-order valence-electron chi connectivity index (χ3n) is 6.72. The van der Waals surface area contributed by atoms with Crippen molar-refractivity contribution >= 4 is 39.4 Å². The molecular formula is C28H30ClF3N4O4. The van der Waals surface area contributed by atoms with E-state index in [9.17, 15) is 23.1 Å². The number of benzene rings is 2. The van der Waals surface area contributed by atoms with Crippen LogP contribution in [0.25, 0.3) is 21.8 Å². The van der Waals surface area contributed by atoms with E-state index in [1.807, 2.05) is 0 Å². The molecule has 2 aromatic carbocycles. The van der Waals surface area contributed by atoms with Gasteiger partial charge in [-0.25, -0.2) is 9.78 Å². The second-order valence-corrected chi connectivity index (χ2v) is 9.92. The van der Waals surface area contributed by atoms with Gasteiger partial charge in [0.25, 0.3) is 0 Å². The molecule has 2 heterocycles. The fourth-order valence-corrected chi connectivity index (χ4v) is 4.80. The molecule has 8 nitrogen and oxygen atoms in total. The van der Waals surface area contributed by atoms with Crippen LogP contribution in [0.5, 0.6) is 11.6 Å². The van der Waals surface area contributed by atoms with Crippen molar-refractivity contribution in [3.63, 3.8) is 0 Å². The van der Waals surface area contributed by atoms with Crippen LogP contribution in [0.1, 0.15) is 54.9 Å². The van der Waals surface area contributed by atoms with Gasteiger partial charge in [-0.1, -0.05) is 43.9 Å². The molecule has 214 valence electrons. The summed E-state index contributed by atoms with van der Waals surface area (Å²) in [6, 6.07) is 9.03. The number of alkyl halides is 3. The highest BCUT2D eigenvalue weighted by atomic mass is 35.5. The zero-order chi connectivity index (χ0) is 28.7. The molecule has 0 fully saturated rings. The topological polar surface area (TPSA) is 109 Å². The third-order valence-corrected chi connectivity index (χ3v) is 7.01. The molecule has 0 spiro atoms. The van der Waals surface area contributed by atoms with Gasteiger partial charge in [0.2, 0.25) is 5.88 Å². The van der Waals surface area contributed by atoms with Gasteiger partial charge in [-0.2, -0.15) is 5.10 Å². The number of aromatic carboxylic acids is 1. The van der Waals surface area contributed by atoms with E-state index in [-0.39, 0.29) is 10.6 Å². The second-order valence-electron chi connectivity index (χ2n) is 9.51. The molecule has 0 aliphatic carbocycles. The summed E-state index contributed by atoms with van der Waals surface area (Å²) >= 11 is 5.90. The SMILES string of the molecule is CCC(CCCCNCc1ccc(OC(F)(F)F)c(Cl)c1)CCOc1nc2cc(C(=O)O)ccc2c2[nH]ncc12. The first-order valence-electron chi connectivity index (χ1n) is 13.0. The van der Waals surface area contributed by atoms with E-state index in [0.717, 1.165) is 60.5 Å². The van der Waals surface area contributed by atoms with Crippen LogP contribution in [0.3, 0.4) is 0 Å². The Morgan fingerprint density at radius 1 is 1.15 bits per heavy atom. The Labute approximate surface area is 233 Å². The van der Waals surface area contributed by atoms with E-state index in [2.05, 4.69) is 32.2 Å². The first kappa shape index (κ1) is 29.4. The average Bonchev–Trinajstić information content (AvgIpc) is 3.40. The van der Waals surface area contributed by atoms with E-state index >= 15 is 0 Å². The molecule has 0 bridgehead atoms. The largest absolute Gasteiger partial charge is 0.573 e. The minimum absolute atomic E-state index is 0.0814. The number of pyridine rings is 1. The average molecular weight is 579 g/mol. The minimum atomic E-state index is -4.78. The molecule has 12 heteroatoms. The minimum Gasteiger partial charge on any atom is -0.478 e. The highest BCUT2D eigenvalue weighted by Crippen LogP contribution is 2.31. The number of halogens is 4. The number of hydrogen-bond acceptors (Lipinski definition) is 6. The lowest BCUT2D eigenvalue weighted by Gasteiger charge is -2.16. The van der Waals surface area contributed by atoms with Crippen LogP contribution < -0.4 is 14.8 Å². The molecule has 0 amide bonds. The Morgan fingerprint density at radius 2 is 1.98 bits per heavy atom. The number of fused-ring (bicyclic) bond motifs is 3. The van der Waals surface area contributed by atoms with Crippen molar-refractivity contribution in [2.45, 2.75) is 51.9 Å². The molecule has 0 saturated heterocycles. The molecule has 1 unspecified atom stereocenters. The number of H-pyrrole nitrogens is 1. The molecule has 3 N–H and O–H groups in total. The third kappa shape index (κ3) is 7.76. The van der Waals surface area contributed by atoms with E-state index in [4.69, 9.17) is 16.3 Å². The molecule has 4 aromatic rings.